The molecule has 0 spiro atoms. The monoisotopic (exact) mass is 552 g/mol. The van der Waals surface area contributed by atoms with Gasteiger partial charge in [0.05, 0.1) is 17.8 Å². The first-order valence-electron chi connectivity index (χ1n) is 13.5. The Morgan fingerprint density at radius 3 is 2.31 bits per heavy atom. The maximum absolute atomic E-state index is 13.3. The average Bonchev–Trinajstić information content (AvgIpc) is 3.25. The first-order chi connectivity index (χ1) is 18.5. The zero-order valence-electron chi connectivity index (χ0n) is 24.0. The summed E-state index contributed by atoms with van der Waals surface area (Å²) in [5.74, 6) is 0.913. The fourth-order valence-corrected chi connectivity index (χ4v) is 4.91. The molecule has 0 N–H and O–H groups in total. The van der Waals surface area contributed by atoms with Crippen molar-refractivity contribution in [2.75, 3.05) is 26.7 Å². The van der Waals surface area contributed by atoms with E-state index < -0.39 is 5.54 Å². The van der Waals surface area contributed by atoms with E-state index in [2.05, 4.69) is 16.1 Å². The van der Waals surface area contributed by atoms with Gasteiger partial charge in [-0.15, -0.1) is 0 Å². The molecule has 1 atom stereocenters. The van der Waals surface area contributed by atoms with Gasteiger partial charge in [-0.25, -0.2) is 4.68 Å². The number of ether oxygens (including phenoxy) is 1. The number of rotatable bonds is 10. The van der Waals surface area contributed by atoms with Crippen molar-refractivity contribution < 1.29 is 14.3 Å². The molecular formula is C31H41ClN4O3. The summed E-state index contributed by atoms with van der Waals surface area (Å²) >= 11 is 6.01. The fourth-order valence-electron chi connectivity index (χ4n) is 4.79. The summed E-state index contributed by atoms with van der Waals surface area (Å²) in [5.41, 5.74) is 5.13. The van der Waals surface area contributed by atoms with Crippen LogP contribution in [0.4, 0.5) is 0 Å². The van der Waals surface area contributed by atoms with Gasteiger partial charge >= 0.3 is 0 Å². The van der Waals surface area contributed by atoms with E-state index in [0.29, 0.717) is 37.6 Å². The lowest BCUT2D eigenvalue weighted by Gasteiger charge is -2.49. The van der Waals surface area contributed by atoms with Gasteiger partial charge in [-0.2, -0.15) is 5.10 Å². The molecule has 0 bridgehead atoms. The molecule has 1 aromatic heterocycles. The van der Waals surface area contributed by atoms with Crippen molar-refractivity contribution in [3.8, 4) is 5.88 Å². The van der Waals surface area contributed by atoms with Gasteiger partial charge in [0.2, 0.25) is 11.8 Å². The number of aryl methyl sites for hydroxylation is 3. The molecule has 1 fully saturated rings. The second-order valence-electron chi connectivity index (χ2n) is 10.4. The number of carbonyl (C=O) groups is 2. The van der Waals surface area contributed by atoms with Crippen molar-refractivity contribution in [2.24, 2.45) is 7.05 Å². The molecule has 3 aromatic rings. The standard InChI is InChI=1S/C21H29ClN4O2.C10H12O/c1-5-28-19-14-18(23-25(19)4)10-12-26(15-16-6-8-17(22)9-7-16)20(27)21(2)11-13-24(21)3;1-8-5-9(2)7-10(6-8)3-4-11/h6-9,14H,5,10-13,15H2,1-4H3;4-7H,3H2,1-2H3. The highest BCUT2D eigenvalue weighted by Crippen LogP contribution is 2.31. The van der Waals surface area contributed by atoms with Gasteiger partial charge in [-0.05, 0) is 64.4 Å². The predicted octanol–water partition coefficient (Wildman–Crippen LogP) is 5.18. The molecule has 4 rings (SSSR count). The van der Waals surface area contributed by atoms with Crippen LogP contribution in [0.3, 0.4) is 0 Å². The molecule has 0 aliphatic carbocycles. The lowest BCUT2D eigenvalue weighted by molar-refractivity contribution is -0.151. The average molecular weight is 553 g/mol. The number of nitrogens with zero attached hydrogens (tertiary/aromatic N) is 4. The number of halogens is 1. The Morgan fingerprint density at radius 1 is 1.10 bits per heavy atom. The number of carbonyl (C=O) groups excluding carboxylic acids is 2. The third-order valence-electron chi connectivity index (χ3n) is 7.23. The smallest absolute Gasteiger partial charge is 0.243 e. The van der Waals surface area contributed by atoms with Crippen molar-refractivity contribution in [1.82, 2.24) is 19.6 Å². The van der Waals surface area contributed by atoms with E-state index in [9.17, 15) is 9.59 Å². The summed E-state index contributed by atoms with van der Waals surface area (Å²) in [4.78, 5) is 27.6. The Labute approximate surface area is 237 Å². The van der Waals surface area contributed by atoms with Crippen LogP contribution in [0.5, 0.6) is 5.88 Å². The van der Waals surface area contributed by atoms with E-state index in [1.807, 2.05) is 89.2 Å². The number of hydrogen-bond donors (Lipinski definition) is 0. The van der Waals surface area contributed by atoms with Gasteiger partial charge in [0, 0.05) is 50.6 Å². The Balaban J connectivity index is 0.000000320. The third kappa shape index (κ3) is 8.16. The number of amides is 1. The summed E-state index contributed by atoms with van der Waals surface area (Å²) in [6.07, 6.45) is 3.04. The topological polar surface area (TPSA) is 67.7 Å². The largest absolute Gasteiger partial charge is 0.478 e. The molecule has 210 valence electrons. The van der Waals surface area contributed by atoms with Crippen LogP contribution in [0.2, 0.25) is 5.02 Å². The number of hydrogen-bond acceptors (Lipinski definition) is 5. The minimum Gasteiger partial charge on any atom is -0.478 e. The van der Waals surface area contributed by atoms with Crippen molar-refractivity contribution in [2.45, 2.75) is 59.0 Å². The van der Waals surface area contributed by atoms with Gasteiger partial charge in [0.15, 0.2) is 0 Å². The fraction of sp³-hybridized carbons (Fsp3) is 0.452. The zero-order chi connectivity index (χ0) is 28.6. The Morgan fingerprint density at radius 2 is 1.77 bits per heavy atom. The molecular weight excluding hydrogens is 512 g/mol. The maximum Gasteiger partial charge on any atom is 0.243 e. The number of benzene rings is 2. The van der Waals surface area contributed by atoms with Gasteiger partial charge < -0.3 is 14.4 Å². The molecule has 1 aliphatic heterocycles. The second-order valence-corrected chi connectivity index (χ2v) is 10.9. The lowest BCUT2D eigenvalue weighted by Crippen LogP contribution is -2.64. The highest BCUT2D eigenvalue weighted by atomic mass is 35.5. The second kappa shape index (κ2) is 13.8. The van der Waals surface area contributed by atoms with Crippen LogP contribution in [0.15, 0.2) is 48.5 Å². The van der Waals surface area contributed by atoms with Crippen LogP contribution in [0.25, 0.3) is 0 Å². The molecule has 1 aliphatic rings. The van der Waals surface area contributed by atoms with E-state index in [1.165, 1.54) is 11.1 Å². The normalized spacial score (nSPS) is 16.6. The quantitative estimate of drug-likeness (QED) is 0.324. The molecule has 1 saturated heterocycles. The highest BCUT2D eigenvalue weighted by Gasteiger charge is 2.46. The highest BCUT2D eigenvalue weighted by molar-refractivity contribution is 6.30. The SMILES string of the molecule is CCOc1cc(CCN(Cc2ccc(Cl)cc2)C(=O)C2(C)CCN2C)nn1C.Cc1cc(C)cc(CC=O)c1. The van der Waals surface area contributed by atoms with Crippen LogP contribution in [0, 0.1) is 13.8 Å². The van der Waals surface area contributed by atoms with Crippen molar-refractivity contribution in [1.29, 1.82) is 0 Å². The zero-order valence-corrected chi connectivity index (χ0v) is 24.8. The summed E-state index contributed by atoms with van der Waals surface area (Å²) in [6, 6.07) is 15.8. The van der Waals surface area contributed by atoms with Crippen molar-refractivity contribution in [3.63, 3.8) is 0 Å². The first kappa shape index (κ1) is 30.4. The minimum atomic E-state index is -0.424. The Hall–Kier alpha value is -3.16. The molecule has 2 aromatic carbocycles. The van der Waals surface area contributed by atoms with Crippen molar-refractivity contribution in [3.05, 3.63) is 81.5 Å². The van der Waals surface area contributed by atoms with Crippen LogP contribution in [-0.2, 0) is 36.0 Å². The summed E-state index contributed by atoms with van der Waals surface area (Å²) in [7, 11) is 3.88. The van der Waals surface area contributed by atoms with E-state index >= 15 is 0 Å². The summed E-state index contributed by atoms with van der Waals surface area (Å²) < 4.78 is 7.32. The van der Waals surface area contributed by atoms with Gasteiger partial charge in [-0.3, -0.25) is 9.69 Å². The van der Waals surface area contributed by atoms with Crippen molar-refractivity contribution >= 4 is 23.8 Å². The summed E-state index contributed by atoms with van der Waals surface area (Å²) in [6.45, 7) is 10.8. The van der Waals surface area contributed by atoms with E-state index in [0.717, 1.165) is 42.0 Å². The third-order valence-corrected chi connectivity index (χ3v) is 7.48. The molecule has 8 heteroatoms. The van der Waals surface area contributed by atoms with Gasteiger partial charge in [0.1, 0.15) is 6.29 Å². The molecule has 7 nitrogen and oxygen atoms in total. The molecule has 39 heavy (non-hydrogen) atoms. The molecule has 1 amide bonds. The predicted molar refractivity (Wildman–Crippen MR) is 156 cm³/mol. The number of likely N-dealkylation sites (N-methyl/N-ethyl adjacent to an activating group) is 1. The van der Waals surface area contributed by atoms with Gasteiger partial charge in [0.25, 0.3) is 0 Å². The lowest BCUT2D eigenvalue weighted by atomic mass is 9.85. The summed E-state index contributed by atoms with van der Waals surface area (Å²) in [5, 5.41) is 5.21. The molecule has 1 unspecified atom stereocenters. The van der Waals surface area contributed by atoms with Gasteiger partial charge in [-0.1, -0.05) is 53.1 Å². The van der Waals surface area contributed by atoms with E-state index in [-0.39, 0.29) is 5.91 Å². The van der Waals surface area contributed by atoms with Crippen LogP contribution in [-0.4, -0.2) is 64.1 Å². The van der Waals surface area contributed by atoms with Crippen LogP contribution in [0.1, 0.15) is 48.2 Å². The number of likely N-dealkylation sites (tertiary alicyclic amines) is 1. The van der Waals surface area contributed by atoms with Crippen LogP contribution >= 0.6 is 11.6 Å². The number of aromatic nitrogens is 2. The van der Waals surface area contributed by atoms with Crippen LogP contribution < -0.4 is 4.74 Å². The Bertz CT molecular complexity index is 1240. The maximum atomic E-state index is 13.3. The minimum absolute atomic E-state index is 0.164. The van der Waals surface area contributed by atoms with E-state index in [4.69, 9.17) is 16.3 Å². The first-order valence-corrected chi connectivity index (χ1v) is 13.8. The molecule has 0 saturated carbocycles. The Kier molecular flexibility index (Phi) is 10.7. The molecule has 2 heterocycles. The van der Waals surface area contributed by atoms with E-state index in [1.54, 1.807) is 4.68 Å². The number of aldehydes is 1. The molecule has 0 radical (unpaired) electrons.